The van der Waals surface area contributed by atoms with Gasteiger partial charge in [-0.25, -0.2) is 4.39 Å². The predicted octanol–water partition coefficient (Wildman–Crippen LogP) is 4.65. The van der Waals surface area contributed by atoms with Gasteiger partial charge in [0.2, 0.25) is 0 Å². The van der Waals surface area contributed by atoms with Gasteiger partial charge in [-0.05, 0) is 43.7 Å². The highest BCUT2D eigenvalue weighted by Crippen LogP contribution is 2.26. The van der Waals surface area contributed by atoms with Crippen molar-refractivity contribution in [2.45, 2.75) is 39.7 Å². The number of rotatable bonds is 6. The van der Waals surface area contributed by atoms with Crippen LogP contribution in [0.2, 0.25) is 0 Å². The average molecular weight is 291 g/mol. The average Bonchev–Trinajstić information content (AvgIpc) is 2.86. The highest BCUT2D eigenvalue weighted by molar-refractivity contribution is 7.11. The maximum absolute atomic E-state index is 14.2. The summed E-state index contributed by atoms with van der Waals surface area (Å²) in [6.07, 6.45) is 1.91. The van der Waals surface area contributed by atoms with E-state index in [1.165, 1.54) is 9.75 Å². The van der Waals surface area contributed by atoms with Gasteiger partial charge in [-0.3, -0.25) is 0 Å². The molecule has 1 unspecified atom stereocenters. The van der Waals surface area contributed by atoms with Crippen LogP contribution in [0.3, 0.4) is 0 Å². The fourth-order valence-corrected chi connectivity index (χ4v) is 3.38. The van der Waals surface area contributed by atoms with Crippen molar-refractivity contribution in [3.8, 4) is 0 Å². The minimum absolute atomic E-state index is 0.0453. The maximum Gasteiger partial charge on any atom is 0.128 e. The van der Waals surface area contributed by atoms with Crippen molar-refractivity contribution >= 4 is 11.3 Å². The topological polar surface area (TPSA) is 12.0 Å². The fraction of sp³-hybridized carbons (Fsp3) is 0.412. The zero-order valence-electron chi connectivity index (χ0n) is 12.4. The van der Waals surface area contributed by atoms with E-state index in [4.69, 9.17) is 0 Å². The van der Waals surface area contributed by atoms with Crippen molar-refractivity contribution in [1.29, 1.82) is 0 Å². The van der Waals surface area contributed by atoms with Crippen LogP contribution in [-0.4, -0.2) is 6.54 Å². The molecule has 20 heavy (non-hydrogen) atoms. The second-order valence-corrected chi connectivity index (χ2v) is 6.31. The third-order valence-electron chi connectivity index (χ3n) is 3.45. The number of hydrogen-bond donors (Lipinski definition) is 1. The van der Waals surface area contributed by atoms with Gasteiger partial charge in [0.25, 0.3) is 0 Å². The van der Waals surface area contributed by atoms with E-state index < -0.39 is 0 Å². The van der Waals surface area contributed by atoms with E-state index in [0.717, 1.165) is 30.5 Å². The summed E-state index contributed by atoms with van der Waals surface area (Å²) in [5.74, 6) is -0.108. The molecule has 0 radical (unpaired) electrons. The van der Waals surface area contributed by atoms with Crippen LogP contribution in [0, 0.1) is 12.7 Å². The Morgan fingerprint density at radius 1 is 1.15 bits per heavy atom. The largest absolute Gasteiger partial charge is 0.310 e. The lowest BCUT2D eigenvalue weighted by atomic mass is 10.0. The SMILES string of the molecule is CCNC(Cc1ccc(CC)s1)c1ccc(C)cc1F. The quantitative estimate of drug-likeness (QED) is 0.817. The van der Waals surface area contributed by atoms with Crippen LogP contribution in [0.1, 0.15) is 40.8 Å². The minimum atomic E-state index is -0.108. The third-order valence-corrected chi connectivity index (χ3v) is 4.70. The zero-order valence-corrected chi connectivity index (χ0v) is 13.2. The molecule has 0 aliphatic rings. The lowest BCUT2D eigenvalue weighted by molar-refractivity contribution is 0.512. The molecule has 0 bridgehead atoms. The summed E-state index contributed by atoms with van der Waals surface area (Å²) in [6, 6.07) is 9.89. The van der Waals surface area contributed by atoms with Gasteiger partial charge in [-0.2, -0.15) is 0 Å². The monoisotopic (exact) mass is 291 g/mol. The van der Waals surface area contributed by atoms with Crippen molar-refractivity contribution in [2.75, 3.05) is 6.54 Å². The highest BCUT2D eigenvalue weighted by atomic mass is 32.1. The van der Waals surface area contributed by atoms with Crippen molar-refractivity contribution in [1.82, 2.24) is 5.32 Å². The summed E-state index contributed by atoms with van der Waals surface area (Å²) in [5.41, 5.74) is 1.73. The molecule has 108 valence electrons. The second-order valence-electron chi connectivity index (χ2n) is 5.06. The number of nitrogens with one attached hydrogen (secondary N) is 1. The third kappa shape index (κ3) is 3.68. The smallest absolute Gasteiger partial charge is 0.128 e. The van der Waals surface area contributed by atoms with Gasteiger partial charge in [0, 0.05) is 27.8 Å². The van der Waals surface area contributed by atoms with Crippen LogP contribution in [0.15, 0.2) is 30.3 Å². The number of thiophene rings is 1. The van der Waals surface area contributed by atoms with E-state index in [-0.39, 0.29) is 11.9 Å². The molecule has 1 aromatic carbocycles. The molecule has 1 aromatic heterocycles. The molecular formula is C17H22FNS. The minimum Gasteiger partial charge on any atom is -0.310 e. The predicted molar refractivity (Wildman–Crippen MR) is 85.0 cm³/mol. The van der Waals surface area contributed by atoms with Crippen molar-refractivity contribution in [2.24, 2.45) is 0 Å². The van der Waals surface area contributed by atoms with Crippen LogP contribution >= 0.6 is 11.3 Å². The Morgan fingerprint density at radius 3 is 2.50 bits per heavy atom. The first-order chi connectivity index (χ1) is 9.63. The standard InChI is InChI=1S/C17H22FNS/c1-4-13-7-8-14(20-13)11-17(19-5-2)15-9-6-12(3)10-16(15)18/h6-10,17,19H,4-5,11H2,1-3H3. The van der Waals surface area contributed by atoms with E-state index in [1.54, 1.807) is 6.07 Å². The van der Waals surface area contributed by atoms with Crippen LogP contribution in [-0.2, 0) is 12.8 Å². The lowest BCUT2D eigenvalue weighted by Crippen LogP contribution is -2.23. The molecule has 1 atom stereocenters. The molecular weight excluding hydrogens is 269 g/mol. The van der Waals surface area contributed by atoms with Gasteiger partial charge in [0.05, 0.1) is 0 Å². The number of halogens is 1. The fourth-order valence-electron chi connectivity index (χ4n) is 2.38. The zero-order chi connectivity index (χ0) is 14.5. The molecule has 2 aromatic rings. The van der Waals surface area contributed by atoms with Gasteiger partial charge >= 0.3 is 0 Å². The van der Waals surface area contributed by atoms with Crippen LogP contribution in [0.25, 0.3) is 0 Å². The van der Waals surface area contributed by atoms with Gasteiger partial charge in [0.15, 0.2) is 0 Å². The molecule has 0 saturated carbocycles. The summed E-state index contributed by atoms with van der Waals surface area (Å²) >= 11 is 1.83. The Labute approximate surface area is 124 Å². The van der Waals surface area contributed by atoms with Crippen LogP contribution in [0.4, 0.5) is 4.39 Å². The number of benzene rings is 1. The van der Waals surface area contributed by atoms with E-state index in [1.807, 2.05) is 30.4 Å². The maximum atomic E-state index is 14.2. The van der Waals surface area contributed by atoms with Crippen LogP contribution in [0.5, 0.6) is 0 Å². The molecule has 0 aliphatic heterocycles. The van der Waals surface area contributed by atoms with Crippen molar-refractivity contribution in [3.63, 3.8) is 0 Å². The van der Waals surface area contributed by atoms with Crippen LogP contribution < -0.4 is 5.32 Å². The second kappa shape index (κ2) is 7.00. The molecule has 1 N–H and O–H groups in total. The summed E-state index contributed by atoms with van der Waals surface area (Å²) in [4.78, 5) is 2.70. The van der Waals surface area contributed by atoms with Crippen molar-refractivity contribution in [3.05, 3.63) is 57.0 Å². The molecule has 3 heteroatoms. The molecule has 1 nitrogen and oxygen atoms in total. The number of aryl methyl sites for hydroxylation is 2. The Bertz CT molecular complexity index is 562. The van der Waals surface area contributed by atoms with Gasteiger partial charge in [0.1, 0.15) is 5.82 Å². The molecule has 0 spiro atoms. The molecule has 2 rings (SSSR count). The van der Waals surface area contributed by atoms with E-state index >= 15 is 0 Å². The molecule has 1 heterocycles. The summed E-state index contributed by atoms with van der Waals surface area (Å²) < 4.78 is 14.2. The lowest BCUT2D eigenvalue weighted by Gasteiger charge is -2.18. The normalized spacial score (nSPS) is 12.6. The molecule has 0 aliphatic carbocycles. The van der Waals surface area contributed by atoms with E-state index in [9.17, 15) is 4.39 Å². The van der Waals surface area contributed by atoms with E-state index in [2.05, 4.69) is 31.3 Å². The summed E-state index contributed by atoms with van der Waals surface area (Å²) in [6.45, 7) is 6.98. The van der Waals surface area contributed by atoms with Gasteiger partial charge in [-0.1, -0.05) is 26.0 Å². The molecule has 0 amide bonds. The van der Waals surface area contributed by atoms with Gasteiger partial charge < -0.3 is 5.32 Å². The van der Waals surface area contributed by atoms with E-state index in [0.29, 0.717) is 0 Å². The summed E-state index contributed by atoms with van der Waals surface area (Å²) in [7, 11) is 0. The number of likely N-dealkylation sites (N-methyl/N-ethyl adjacent to an activating group) is 1. The molecule has 0 saturated heterocycles. The first-order valence-corrected chi connectivity index (χ1v) is 8.02. The van der Waals surface area contributed by atoms with Gasteiger partial charge in [-0.15, -0.1) is 11.3 Å². The Hall–Kier alpha value is -1.19. The Kier molecular flexibility index (Phi) is 5.32. The highest BCUT2D eigenvalue weighted by Gasteiger charge is 2.16. The molecule has 0 fully saturated rings. The Balaban J connectivity index is 2.21. The first-order valence-electron chi connectivity index (χ1n) is 7.21. The summed E-state index contributed by atoms with van der Waals surface area (Å²) in [5, 5.41) is 3.40. The van der Waals surface area contributed by atoms with Crippen molar-refractivity contribution < 1.29 is 4.39 Å². The first kappa shape index (κ1) is 15.2. The Morgan fingerprint density at radius 2 is 1.90 bits per heavy atom. The number of hydrogen-bond acceptors (Lipinski definition) is 2.